The molecule has 0 bridgehead atoms. The van der Waals surface area contributed by atoms with Gasteiger partial charge in [0.1, 0.15) is 0 Å². The van der Waals surface area contributed by atoms with Crippen LogP contribution in [0.1, 0.15) is 60.1 Å². The topological polar surface area (TPSA) is 3.24 Å². The molecule has 312 valence electrons. The third-order valence-corrected chi connectivity index (χ3v) is 16.6. The molecule has 66 heavy (non-hydrogen) atoms. The predicted octanol–water partition coefficient (Wildman–Crippen LogP) is 17.6. The van der Waals surface area contributed by atoms with E-state index in [0.717, 1.165) is 29.9 Å². The van der Waals surface area contributed by atoms with Crippen molar-refractivity contribution < 1.29 is 0 Å². The summed E-state index contributed by atoms with van der Waals surface area (Å²) in [5, 5.41) is 2.62. The summed E-state index contributed by atoms with van der Waals surface area (Å²) in [5.41, 5.74) is 24.5. The van der Waals surface area contributed by atoms with E-state index in [1.807, 2.05) is 11.3 Å². The molecule has 9 aromatic carbocycles. The Kier molecular flexibility index (Phi) is 8.02. The molecule has 0 saturated carbocycles. The van der Waals surface area contributed by atoms with E-state index < -0.39 is 0 Å². The minimum Gasteiger partial charge on any atom is -0.309 e. The normalized spacial score (nSPS) is 16.9. The van der Waals surface area contributed by atoms with Crippen LogP contribution in [-0.2, 0) is 10.8 Å². The number of hydrogen-bond donors (Lipinski definition) is 0. The number of benzene rings is 9. The number of hydrogen-bond acceptors (Lipinski definition) is 2. The highest BCUT2D eigenvalue weighted by Gasteiger charge is 2.52. The highest BCUT2D eigenvalue weighted by Crippen LogP contribution is 2.64. The second-order valence-electron chi connectivity index (χ2n) is 19.0. The van der Waals surface area contributed by atoms with Crippen molar-refractivity contribution in [3.63, 3.8) is 0 Å². The fourth-order valence-electron chi connectivity index (χ4n) is 12.7. The minimum absolute atomic E-state index is 0.113. The van der Waals surface area contributed by atoms with Gasteiger partial charge in [0.15, 0.2) is 0 Å². The maximum absolute atomic E-state index is 2.58. The van der Waals surface area contributed by atoms with Gasteiger partial charge in [0.05, 0.1) is 16.8 Å². The van der Waals surface area contributed by atoms with Gasteiger partial charge in [-0.25, -0.2) is 0 Å². The van der Waals surface area contributed by atoms with E-state index in [2.05, 4.69) is 231 Å². The van der Waals surface area contributed by atoms with Crippen LogP contribution in [0.25, 0.3) is 70.3 Å². The zero-order valence-electron chi connectivity index (χ0n) is 37.0. The molecule has 1 unspecified atom stereocenters. The maximum Gasteiger partial charge on any atom is 0.0688 e. The second-order valence-corrected chi connectivity index (χ2v) is 20.0. The van der Waals surface area contributed by atoms with Crippen LogP contribution in [0.15, 0.2) is 218 Å². The Morgan fingerprint density at radius 1 is 0.439 bits per heavy atom. The van der Waals surface area contributed by atoms with Crippen molar-refractivity contribution >= 4 is 54.1 Å². The summed E-state index contributed by atoms with van der Waals surface area (Å²) < 4.78 is 2.63. The lowest BCUT2D eigenvalue weighted by Gasteiger charge is -2.34. The fourth-order valence-corrected chi connectivity index (χ4v) is 13.9. The first-order valence-corrected chi connectivity index (χ1v) is 24.2. The van der Waals surface area contributed by atoms with Crippen LogP contribution in [0, 0.1) is 0 Å². The van der Waals surface area contributed by atoms with Crippen LogP contribution < -0.4 is 4.90 Å². The summed E-state index contributed by atoms with van der Waals surface area (Å²) in [5.74, 6) is 0. The average molecular weight is 860 g/mol. The molecular formula is C64H45NS. The Labute approximate surface area is 390 Å². The smallest absolute Gasteiger partial charge is 0.0688 e. The molecule has 4 aliphatic carbocycles. The molecule has 4 aliphatic rings. The molecule has 0 amide bonds. The lowest BCUT2D eigenvalue weighted by molar-refractivity contribution is 0.660. The minimum atomic E-state index is -0.330. The molecule has 0 fully saturated rings. The first kappa shape index (κ1) is 37.8. The summed E-state index contributed by atoms with van der Waals surface area (Å²) in [6.07, 6.45) is 6.87. The van der Waals surface area contributed by atoms with E-state index >= 15 is 0 Å². The summed E-state index contributed by atoms with van der Waals surface area (Å²) in [6, 6.07) is 75.8. The lowest BCUT2D eigenvalue weighted by Crippen LogP contribution is -2.27. The highest BCUT2D eigenvalue weighted by molar-refractivity contribution is 7.26. The number of thiophene rings is 1. The maximum atomic E-state index is 2.58. The van der Waals surface area contributed by atoms with E-state index in [0.29, 0.717) is 0 Å². The Morgan fingerprint density at radius 2 is 1.00 bits per heavy atom. The molecule has 10 aromatic rings. The van der Waals surface area contributed by atoms with E-state index in [4.69, 9.17) is 0 Å². The molecule has 2 heteroatoms. The monoisotopic (exact) mass is 859 g/mol. The van der Waals surface area contributed by atoms with Crippen molar-refractivity contribution in [3.05, 3.63) is 251 Å². The Morgan fingerprint density at radius 3 is 1.80 bits per heavy atom. The van der Waals surface area contributed by atoms with Crippen molar-refractivity contribution in [2.75, 3.05) is 4.90 Å². The van der Waals surface area contributed by atoms with Crippen molar-refractivity contribution in [3.8, 4) is 44.5 Å². The van der Waals surface area contributed by atoms with Gasteiger partial charge in [-0.3, -0.25) is 0 Å². The zero-order chi connectivity index (χ0) is 43.7. The van der Waals surface area contributed by atoms with Gasteiger partial charge in [-0.15, -0.1) is 11.3 Å². The van der Waals surface area contributed by atoms with Gasteiger partial charge in [0, 0.05) is 48.0 Å². The van der Waals surface area contributed by atoms with E-state index in [1.165, 1.54) is 109 Å². The third kappa shape index (κ3) is 5.00. The molecule has 1 atom stereocenters. The number of nitrogens with zero attached hydrogens (tertiary/aromatic N) is 1. The van der Waals surface area contributed by atoms with Crippen molar-refractivity contribution in [2.45, 2.75) is 37.5 Å². The van der Waals surface area contributed by atoms with Crippen molar-refractivity contribution in [1.29, 1.82) is 0 Å². The number of anilines is 3. The molecule has 0 saturated heterocycles. The zero-order valence-corrected chi connectivity index (χ0v) is 37.8. The number of rotatable bonds is 5. The lowest BCUT2D eigenvalue weighted by atomic mass is 9.68. The Hall–Kier alpha value is -7.52. The average Bonchev–Trinajstić information content (AvgIpc) is 4.07. The van der Waals surface area contributed by atoms with Crippen molar-refractivity contribution in [2.24, 2.45) is 0 Å². The molecule has 1 spiro atoms. The SMILES string of the molecule is CC1(C)c2ccccc2-c2c(-c3ccccc3N(c3ccc4c(c3)-c3ccccc3C43C4=C(C=CCC4)c4ccccc43)c3ccccc3-c3cccc4c3sc3ccccc34)cccc21. The fraction of sp³-hybridized carbons (Fsp3) is 0.0938. The summed E-state index contributed by atoms with van der Waals surface area (Å²) >= 11 is 1.90. The molecule has 1 aromatic heterocycles. The molecule has 0 aliphatic heterocycles. The molecular weight excluding hydrogens is 815 g/mol. The third-order valence-electron chi connectivity index (χ3n) is 15.4. The van der Waals surface area contributed by atoms with Gasteiger partial charge in [0.25, 0.3) is 0 Å². The molecule has 0 radical (unpaired) electrons. The first-order valence-electron chi connectivity index (χ1n) is 23.4. The van der Waals surface area contributed by atoms with Crippen LogP contribution in [-0.4, -0.2) is 0 Å². The van der Waals surface area contributed by atoms with Crippen LogP contribution in [0.4, 0.5) is 17.1 Å². The number of para-hydroxylation sites is 2. The molecule has 14 rings (SSSR count). The van der Waals surface area contributed by atoms with E-state index in [1.54, 1.807) is 0 Å². The Balaban J connectivity index is 1.05. The predicted molar refractivity (Wildman–Crippen MR) is 280 cm³/mol. The summed E-state index contributed by atoms with van der Waals surface area (Å²) in [6.45, 7) is 4.76. The van der Waals surface area contributed by atoms with Crippen LogP contribution in [0.3, 0.4) is 0 Å². The summed E-state index contributed by atoms with van der Waals surface area (Å²) in [4.78, 5) is 2.58. The number of allylic oxidation sites excluding steroid dienone is 4. The van der Waals surface area contributed by atoms with Gasteiger partial charge in [-0.2, -0.15) is 0 Å². The van der Waals surface area contributed by atoms with Gasteiger partial charge in [-0.1, -0.05) is 196 Å². The molecule has 1 heterocycles. The van der Waals surface area contributed by atoms with E-state index in [-0.39, 0.29) is 10.8 Å². The van der Waals surface area contributed by atoms with Crippen LogP contribution in [0.5, 0.6) is 0 Å². The first-order chi connectivity index (χ1) is 32.5. The van der Waals surface area contributed by atoms with Crippen LogP contribution >= 0.6 is 11.3 Å². The summed E-state index contributed by atoms with van der Waals surface area (Å²) in [7, 11) is 0. The van der Waals surface area contributed by atoms with Gasteiger partial charge in [0.2, 0.25) is 0 Å². The van der Waals surface area contributed by atoms with Crippen molar-refractivity contribution in [1.82, 2.24) is 0 Å². The van der Waals surface area contributed by atoms with Gasteiger partial charge >= 0.3 is 0 Å². The van der Waals surface area contributed by atoms with E-state index in [9.17, 15) is 0 Å². The number of fused-ring (bicyclic) bond motifs is 15. The highest BCUT2D eigenvalue weighted by atomic mass is 32.1. The standard InChI is InChI=1S/C64H45NS/c1-63(2)52-29-10-6-25-50(52)61-47(26-18-33-57(61)63)44-22-7-14-34-58(44)65(59-35-15-8-23-45(59)48-27-17-28-49-46-24-9-16-36-60(46)66-62(48)49)40-37-38-56-51(39-40)43-21-5-13-32-55(43)64(56)53-30-11-3-19-41(53)42-20-4-12-31-54(42)64/h3-11,13-30,32-39H,12,31H2,1-2H3. The molecule has 1 nitrogen and oxygen atoms in total. The van der Waals surface area contributed by atoms with Gasteiger partial charge < -0.3 is 4.90 Å². The van der Waals surface area contributed by atoms with Gasteiger partial charge in [-0.05, 0) is 116 Å². The quantitative estimate of drug-likeness (QED) is 0.167. The second kappa shape index (κ2) is 14.0. The molecule has 0 N–H and O–H groups in total. The van der Waals surface area contributed by atoms with Crippen LogP contribution in [0.2, 0.25) is 0 Å². The largest absolute Gasteiger partial charge is 0.309 e. The Bertz CT molecular complexity index is 3760.